The van der Waals surface area contributed by atoms with Crippen molar-refractivity contribution in [1.82, 2.24) is 18.3 Å². The summed E-state index contributed by atoms with van der Waals surface area (Å²) in [4.78, 5) is 28.2. The van der Waals surface area contributed by atoms with Gasteiger partial charge in [0.25, 0.3) is 0 Å². The number of pyridine rings is 1. The van der Waals surface area contributed by atoms with Gasteiger partial charge in [0.15, 0.2) is 5.69 Å². The summed E-state index contributed by atoms with van der Waals surface area (Å²) in [6.07, 6.45) is 11.1. The van der Waals surface area contributed by atoms with Gasteiger partial charge in [-0.25, -0.2) is 0 Å². The van der Waals surface area contributed by atoms with Gasteiger partial charge in [-0.15, -0.1) is 5.84 Å². The molecule has 1 atom stereocenters. The lowest BCUT2D eigenvalue weighted by Crippen LogP contribution is -2.61. The summed E-state index contributed by atoms with van der Waals surface area (Å²) in [5.41, 5.74) is 6.53. The average Bonchev–Trinajstić information content (AvgIpc) is 3.83. The van der Waals surface area contributed by atoms with Crippen molar-refractivity contribution in [2.45, 2.75) is 45.1 Å². The number of fused-ring (bicyclic) bond motifs is 1. The molecule has 198 valence electrons. The van der Waals surface area contributed by atoms with Crippen LogP contribution in [0.25, 0.3) is 0 Å². The highest BCUT2D eigenvalue weighted by molar-refractivity contribution is 7.96. The summed E-state index contributed by atoms with van der Waals surface area (Å²) in [7, 11) is 2.03. The summed E-state index contributed by atoms with van der Waals surface area (Å²) in [5, 5.41) is 0. The van der Waals surface area contributed by atoms with E-state index in [9.17, 15) is 9.59 Å². The number of piperidine rings is 1. The van der Waals surface area contributed by atoms with Gasteiger partial charge in [-0.05, 0) is 72.3 Å². The van der Waals surface area contributed by atoms with Crippen LogP contribution >= 0.6 is 12.1 Å². The third-order valence-corrected chi connectivity index (χ3v) is 8.12. The molecule has 2 aliphatic heterocycles. The Labute approximate surface area is 223 Å². The smallest absolute Gasteiger partial charge is 0.225 e. The summed E-state index contributed by atoms with van der Waals surface area (Å²) in [5.74, 6) is 8.97. The number of benzene rings is 1. The minimum Gasteiger partial charge on any atom is -0.493 e. The molecule has 6 rings (SSSR count). The van der Waals surface area contributed by atoms with Crippen LogP contribution < -0.4 is 20.1 Å². The van der Waals surface area contributed by atoms with Crippen LogP contribution in [0.15, 0.2) is 42.7 Å². The van der Waals surface area contributed by atoms with Crippen LogP contribution in [0.4, 0.5) is 11.4 Å². The van der Waals surface area contributed by atoms with Gasteiger partial charge < -0.3 is 14.4 Å². The Morgan fingerprint density at radius 3 is 2.68 bits per heavy atom. The first-order valence-corrected chi connectivity index (χ1v) is 13.9. The normalized spacial score (nSPS) is 22.7. The highest BCUT2D eigenvalue weighted by Crippen LogP contribution is 2.46. The fourth-order valence-corrected chi connectivity index (χ4v) is 5.59. The molecule has 2 aliphatic carbocycles. The van der Waals surface area contributed by atoms with E-state index in [2.05, 4.69) is 20.8 Å². The van der Waals surface area contributed by atoms with Crippen molar-refractivity contribution in [3.05, 3.63) is 48.3 Å². The second kappa shape index (κ2) is 11.4. The van der Waals surface area contributed by atoms with Crippen LogP contribution in [0.3, 0.4) is 0 Å². The molecule has 3 N–H and O–H groups in total. The zero-order chi connectivity index (χ0) is 25.8. The Bertz CT molecular complexity index is 1090. The van der Waals surface area contributed by atoms with E-state index in [1.807, 2.05) is 42.4 Å². The van der Waals surface area contributed by atoms with Crippen LogP contribution in [-0.2, 0) is 16.1 Å². The fraction of sp³-hybridized carbons (Fsp3) is 0.519. The number of nitrogens with one attached hydrogen (secondary N) is 1. The molecule has 10 heteroatoms. The summed E-state index contributed by atoms with van der Waals surface area (Å²) in [6.45, 7) is 3.16. The van der Waals surface area contributed by atoms with Gasteiger partial charge >= 0.3 is 0 Å². The van der Waals surface area contributed by atoms with Gasteiger partial charge in [0, 0.05) is 57.0 Å². The molecule has 1 saturated heterocycles. The maximum Gasteiger partial charge on any atom is 0.225 e. The van der Waals surface area contributed by atoms with Crippen LogP contribution in [-0.4, -0.2) is 53.1 Å². The molecule has 2 saturated carbocycles. The predicted molar refractivity (Wildman–Crippen MR) is 146 cm³/mol. The Hall–Kier alpha value is -2.66. The quantitative estimate of drug-likeness (QED) is 0.220. The number of amides is 1. The highest BCUT2D eigenvalue weighted by Gasteiger charge is 2.45. The summed E-state index contributed by atoms with van der Waals surface area (Å²) >= 11 is 1.53. The molecule has 1 aromatic carbocycles. The number of ether oxygens (including phenoxy) is 1. The SMILES string of the molecule is CN(Cc1cccnc1)S[N+]1(N)Nc2ccc(OCC3CC3)cc21.O=CC1CCN(C(=O)C2CC2)CC1. The Morgan fingerprint density at radius 2 is 2.03 bits per heavy atom. The zero-order valence-electron chi connectivity index (χ0n) is 21.4. The molecule has 4 aliphatic rings. The number of hydrogen-bond acceptors (Lipinski definition) is 8. The number of carbonyl (C=O) groups is 2. The number of carbonyl (C=O) groups excluding carboxylic acids is 2. The van der Waals surface area contributed by atoms with E-state index < -0.39 is 0 Å². The molecular formula is C27H37N6O3S+. The molecule has 3 fully saturated rings. The first-order chi connectivity index (χ1) is 17.9. The topological polar surface area (TPSA) is 101 Å². The van der Waals surface area contributed by atoms with Crippen LogP contribution in [0.2, 0.25) is 0 Å². The Balaban J connectivity index is 0.000000182. The van der Waals surface area contributed by atoms with E-state index in [0.717, 1.165) is 86.8 Å². The number of aromatic nitrogens is 1. The van der Waals surface area contributed by atoms with E-state index >= 15 is 0 Å². The molecule has 37 heavy (non-hydrogen) atoms. The van der Waals surface area contributed by atoms with Gasteiger partial charge in [-0.2, -0.15) is 9.73 Å². The van der Waals surface area contributed by atoms with Gasteiger partial charge in [0.1, 0.15) is 12.0 Å². The molecule has 0 bridgehead atoms. The minimum absolute atomic E-state index is 0.118. The van der Waals surface area contributed by atoms with Crippen LogP contribution in [0, 0.1) is 17.8 Å². The van der Waals surface area contributed by atoms with Crippen molar-refractivity contribution in [2.24, 2.45) is 23.6 Å². The van der Waals surface area contributed by atoms with Gasteiger partial charge in [0.2, 0.25) is 23.7 Å². The number of nitrogens with two attached hydrogens (primary N) is 1. The zero-order valence-corrected chi connectivity index (χ0v) is 22.2. The number of nitrogens with zero attached hydrogens (tertiary/aromatic N) is 4. The van der Waals surface area contributed by atoms with E-state index in [4.69, 9.17) is 10.6 Å². The van der Waals surface area contributed by atoms with Crippen LogP contribution in [0.5, 0.6) is 5.75 Å². The van der Waals surface area contributed by atoms with Crippen molar-refractivity contribution in [2.75, 3.05) is 32.2 Å². The first kappa shape index (κ1) is 26.0. The largest absolute Gasteiger partial charge is 0.493 e. The number of rotatable bonds is 9. The molecule has 3 heterocycles. The number of aldehydes is 1. The molecule has 1 amide bonds. The van der Waals surface area contributed by atoms with Gasteiger partial charge in [-0.1, -0.05) is 6.07 Å². The lowest BCUT2D eigenvalue weighted by atomic mass is 9.98. The third kappa shape index (κ3) is 6.81. The maximum absolute atomic E-state index is 11.6. The van der Waals surface area contributed by atoms with Gasteiger partial charge in [0.05, 0.1) is 6.61 Å². The Kier molecular flexibility index (Phi) is 7.99. The summed E-state index contributed by atoms with van der Waals surface area (Å²) in [6, 6.07) is 10.1. The average molecular weight is 526 g/mol. The molecular weight excluding hydrogens is 488 g/mol. The van der Waals surface area contributed by atoms with E-state index in [0.29, 0.717) is 11.8 Å². The predicted octanol–water partition coefficient (Wildman–Crippen LogP) is 3.92. The first-order valence-electron chi connectivity index (χ1n) is 13.2. The molecule has 9 nitrogen and oxygen atoms in total. The number of quaternary nitrogens is 1. The standard InChI is InChI=1S/C17H22N5OS.C10H15NO2/c1-21(11-14-3-2-8-19-10-14)24-22(18)17-9-15(6-7-16(17)20-22)23-12-13-4-5-13;12-7-8-3-5-11(6-4-8)10(13)9-1-2-9/h2-3,6-10,13,20H,4-5,11-12,18H2,1H3;7-9H,1-6H2/q+1;. The van der Waals surface area contributed by atoms with Crippen molar-refractivity contribution in [3.63, 3.8) is 0 Å². The highest BCUT2D eigenvalue weighted by atomic mass is 32.2. The fourth-order valence-electron chi connectivity index (χ4n) is 4.56. The number of anilines is 1. The molecule has 2 aromatic rings. The number of hydrogen-bond donors (Lipinski definition) is 2. The number of likely N-dealkylation sites (tertiary alicyclic amines) is 1. The third-order valence-electron chi connectivity index (χ3n) is 7.16. The molecule has 1 unspecified atom stereocenters. The summed E-state index contributed by atoms with van der Waals surface area (Å²) < 4.78 is 8.09. The molecule has 0 spiro atoms. The van der Waals surface area contributed by atoms with E-state index in [1.54, 1.807) is 6.20 Å². The van der Waals surface area contributed by atoms with Crippen molar-refractivity contribution in [1.29, 1.82) is 0 Å². The molecule has 1 aromatic heterocycles. The van der Waals surface area contributed by atoms with Crippen molar-refractivity contribution in [3.8, 4) is 5.75 Å². The monoisotopic (exact) mass is 525 g/mol. The van der Waals surface area contributed by atoms with Crippen molar-refractivity contribution >= 4 is 35.7 Å². The maximum atomic E-state index is 11.6. The van der Waals surface area contributed by atoms with Gasteiger partial charge in [-0.3, -0.25) is 9.78 Å². The lowest BCUT2D eigenvalue weighted by molar-refractivity contribution is -0.134. The van der Waals surface area contributed by atoms with Crippen molar-refractivity contribution < 1.29 is 14.3 Å². The Morgan fingerprint density at radius 1 is 1.24 bits per heavy atom. The van der Waals surface area contributed by atoms with E-state index in [1.165, 1.54) is 25.0 Å². The minimum atomic E-state index is 0.118. The lowest BCUT2D eigenvalue weighted by Gasteiger charge is -2.39. The molecule has 0 radical (unpaired) electrons. The second-order valence-corrected chi connectivity index (χ2v) is 11.9. The van der Waals surface area contributed by atoms with Crippen LogP contribution in [0.1, 0.15) is 44.1 Å². The second-order valence-electron chi connectivity index (χ2n) is 10.5. The van der Waals surface area contributed by atoms with E-state index in [-0.39, 0.29) is 10.0 Å².